The molecule has 0 bridgehead atoms. The lowest BCUT2D eigenvalue weighted by Crippen LogP contribution is -2.43. The fourth-order valence-electron chi connectivity index (χ4n) is 2.34. The van der Waals surface area contributed by atoms with Gasteiger partial charge in [-0.3, -0.25) is 0 Å². The average Bonchev–Trinajstić information content (AvgIpc) is 2.49. The molecule has 20 heavy (non-hydrogen) atoms. The van der Waals surface area contributed by atoms with E-state index in [0.717, 1.165) is 37.7 Å². The van der Waals surface area contributed by atoms with Crippen molar-refractivity contribution >= 4 is 17.5 Å². The predicted molar refractivity (Wildman–Crippen MR) is 79.4 cm³/mol. The van der Waals surface area contributed by atoms with Crippen LogP contribution in [-0.4, -0.2) is 41.1 Å². The molecule has 6 nitrogen and oxygen atoms in total. The molecule has 2 N–H and O–H groups in total. The third-order valence-corrected chi connectivity index (χ3v) is 3.32. The van der Waals surface area contributed by atoms with Gasteiger partial charge in [-0.2, -0.15) is 0 Å². The maximum atomic E-state index is 4.59. The first-order valence-electron chi connectivity index (χ1n) is 6.80. The monoisotopic (exact) mass is 270 g/mol. The number of pyridine rings is 1. The van der Waals surface area contributed by atoms with Crippen LogP contribution < -0.4 is 15.5 Å². The zero-order valence-electron chi connectivity index (χ0n) is 11.5. The third-order valence-electron chi connectivity index (χ3n) is 3.32. The summed E-state index contributed by atoms with van der Waals surface area (Å²) >= 11 is 0. The number of aromatic nitrogens is 3. The van der Waals surface area contributed by atoms with Crippen LogP contribution in [0.3, 0.4) is 0 Å². The molecule has 0 saturated carbocycles. The lowest BCUT2D eigenvalue weighted by molar-refractivity contribution is 0.588. The van der Waals surface area contributed by atoms with Crippen LogP contribution in [0.15, 0.2) is 30.6 Å². The van der Waals surface area contributed by atoms with E-state index in [-0.39, 0.29) is 0 Å². The second-order valence-corrected chi connectivity index (χ2v) is 4.74. The van der Waals surface area contributed by atoms with Gasteiger partial charge in [0.1, 0.15) is 5.82 Å². The molecule has 0 aliphatic carbocycles. The summed E-state index contributed by atoms with van der Waals surface area (Å²) in [5, 5.41) is 6.47. The molecule has 104 valence electrons. The first-order valence-corrected chi connectivity index (χ1v) is 6.80. The molecule has 0 spiro atoms. The van der Waals surface area contributed by atoms with Crippen molar-refractivity contribution in [3.8, 4) is 0 Å². The zero-order chi connectivity index (χ0) is 13.8. The number of piperazine rings is 1. The SMILES string of the molecule is Cc1nc(Nc2ncccn2)ccc1N1CCNCC1. The minimum Gasteiger partial charge on any atom is -0.368 e. The van der Waals surface area contributed by atoms with Crippen LogP contribution in [0.1, 0.15) is 5.69 Å². The van der Waals surface area contributed by atoms with Crippen LogP contribution in [0.25, 0.3) is 0 Å². The summed E-state index contributed by atoms with van der Waals surface area (Å²) in [6, 6.07) is 5.87. The summed E-state index contributed by atoms with van der Waals surface area (Å²) in [7, 11) is 0. The largest absolute Gasteiger partial charge is 0.368 e. The molecule has 0 unspecified atom stereocenters. The molecule has 6 heteroatoms. The number of anilines is 3. The first-order chi connectivity index (χ1) is 9.83. The van der Waals surface area contributed by atoms with Crippen LogP contribution in [-0.2, 0) is 0 Å². The van der Waals surface area contributed by atoms with Gasteiger partial charge in [0.25, 0.3) is 0 Å². The van der Waals surface area contributed by atoms with Gasteiger partial charge in [0.2, 0.25) is 5.95 Å². The third kappa shape index (κ3) is 2.85. The molecule has 1 aliphatic rings. The predicted octanol–water partition coefficient (Wildman–Crippen LogP) is 1.33. The molecule has 3 rings (SSSR count). The van der Waals surface area contributed by atoms with Crippen LogP contribution in [0.4, 0.5) is 17.5 Å². The van der Waals surface area contributed by atoms with Crippen LogP contribution >= 0.6 is 0 Å². The number of nitrogens with zero attached hydrogens (tertiary/aromatic N) is 4. The molecular formula is C14H18N6. The van der Waals surface area contributed by atoms with Gasteiger partial charge in [-0.25, -0.2) is 15.0 Å². The normalized spacial score (nSPS) is 15.2. The lowest BCUT2D eigenvalue weighted by Gasteiger charge is -2.30. The molecular weight excluding hydrogens is 252 g/mol. The second kappa shape index (κ2) is 5.83. The van der Waals surface area contributed by atoms with E-state index in [4.69, 9.17) is 0 Å². The Morgan fingerprint density at radius 2 is 1.90 bits per heavy atom. The van der Waals surface area contributed by atoms with E-state index >= 15 is 0 Å². The van der Waals surface area contributed by atoms with Crippen molar-refractivity contribution in [2.75, 3.05) is 36.4 Å². The molecule has 3 heterocycles. The van der Waals surface area contributed by atoms with Gasteiger partial charge >= 0.3 is 0 Å². The molecule has 1 saturated heterocycles. The minimum atomic E-state index is 0.564. The number of hydrogen-bond donors (Lipinski definition) is 2. The Bertz CT molecular complexity index is 565. The highest BCUT2D eigenvalue weighted by Gasteiger charge is 2.13. The zero-order valence-corrected chi connectivity index (χ0v) is 11.5. The van der Waals surface area contributed by atoms with Crippen molar-refractivity contribution in [2.24, 2.45) is 0 Å². The summed E-state index contributed by atoms with van der Waals surface area (Å²) in [5.41, 5.74) is 2.22. The van der Waals surface area contributed by atoms with Crippen molar-refractivity contribution in [2.45, 2.75) is 6.92 Å². The summed E-state index contributed by atoms with van der Waals surface area (Å²) in [4.78, 5) is 15.2. The molecule has 0 amide bonds. The number of aryl methyl sites for hydroxylation is 1. The fraction of sp³-hybridized carbons (Fsp3) is 0.357. The summed E-state index contributed by atoms with van der Waals surface area (Å²) in [6.45, 7) is 6.14. The summed E-state index contributed by atoms with van der Waals surface area (Å²) < 4.78 is 0. The van der Waals surface area contributed by atoms with Crippen molar-refractivity contribution in [3.05, 3.63) is 36.3 Å². The van der Waals surface area contributed by atoms with Gasteiger partial charge in [0, 0.05) is 38.6 Å². The molecule has 1 aliphatic heterocycles. The Morgan fingerprint density at radius 1 is 1.15 bits per heavy atom. The van der Waals surface area contributed by atoms with Crippen molar-refractivity contribution in [1.82, 2.24) is 20.3 Å². The summed E-state index contributed by atoms with van der Waals surface area (Å²) in [5.74, 6) is 1.34. The van der Waals surface area contributed by atoms with Gasteiger partial charge in [-0.1, -0.05) is 0 Å². The van der Waals surface area contributed by atoms with Gasteiger partial charge in [-0.15, -0.1) is 0 Å². The second-order valence-electron chi connectivity index (χ2n) is 4.74. The van der Waals surface area contributed by atoms with Crippen molar-refractivity contribution in [1.29, 1.82) is 0 Å². The average molecular weight is 270 g/mol. The van der Waals surface area contributed by atoms with Crippen LogP contribution in [0, 0.1) is 6.92 Å². The number of nitrogens with one attached hydrogen (secondary N) is 2. The van der Waals surface area contributed by atoms with E-state index < -0.39 is 0 Å². The van der Waals surface area contributed by atoms with Gasteiger partial charge in [0.15, 0.2) is 0 Å². The van der Waals surface area contributed by atoms with Crippen molar-refractivity contribution < 1.29 is 0 Å². The van der Waals surface area contributed by atoms with E-state index in [0.29, 0.717) is 5.95 Å². The smallest absolute Gasteiger partial charge is 0.228 e. The highest BCUT2D eigenvalue weighted by Crippen LogP contribution is 2.21. The highest BCUT2D eigenvalue weighted by atomic mass is 15.2. The Balaban J connectivity index is 1.77. The quantitative estimate of drug-likeness (QED) is 0.877. The van der Waals surface area contributed by atoms with E-state index in [1.165, 1.54) is 5.69 Å². The van der Waals surface area contributed by atoms with Crippen LogP contribution in [0.5, 0.6) is 0 Å². The van der Waals surface area contributed by atoms with E-state index in [9.17, 15) is 0 Å². The molecule has 1 fully saturated rings. The Hall–Kier alpha value is -2.21. The Labute approximate surface area is 118 Å². The number of hydrogen-bond acceptors (Lipinski definition) is 6. The first kappa shape index (κ1) is 12.8. The van der Waals surface area contributed by atoms with E-state index in [1.54, 1.807) is 18.5 Å². The van der Waals surface area contributed by atoms with Crippen LogP contribution in [0.2, 0.25) is 0 Å². The van der Waals surface area contributed by atoms with E-state index in [2.05, 4.69) is 36.6 Å². The maximum Gasteiger partial charge on any atom is 0.228 e. The molecule has 2 aromatic heterocycles. The topological polar surface area (TPSA) is 66.0 Å². The molecule has 0 radical (unpaired) electrons. The van der Waals surface area contributed by atoms with Gasteiger partial charge < -0.3 is 15.5 Å². The number of rotatable bonds is 3. The Kier molecular flexibility index (Phi) is 3.73. The highest BCUT2D eigenvalue weighted by molar-refractivity contribution is 5.57. The van der Waals surface area contributed by atoms with Crippen molar-refractivity contribution in [3.63, 3.8) is 0 Å². The summed E-state index contributed by atoms with van der Waals surface area (Å²) in [6.07, 6.45) is 3.41. The van der Waals surface area contributed by atoms with Gasteiger partial charge in [0.05, 0.1) is 11.4 Å². The maximum absolute atomic E-state index is 4.59. The Morgan fingerprint density at radius 3 is 2.60 bits per heavy atom. The minimum absolute atomic E-state index is 0.564. The molecule has 0 atom stereocenters. The molecule has 0 aromatic carbocycles. The fourth-order valence-corrected chi connectivity index (χ4v) is 2.34. The standard InChI is InChI=1S/C14H18N6/c1-11-12(20-9-7-15-8-10-20)3-4-13(18-11)19-14-16-5-2-6-17-14/h2-6,15H,7-10H2,1H3,(H,16,17,18,19). The van der Waals surface area contributed by atoms with E-state index in [1.807, 2.05) is 13.0 Å². The molecule has 2 aromatic rings. The lowest BCUT2D eigenvalue weighted by atomic mass is 10.2. The van der Waals surface area contributed by atoms with Gasteiger partial charge in [-0.05, 0) is 25.1 Å².